The number of hydrogen-bond donors (Lipinski definition) is 9. The summed E-state index contributed by atoms with van der Waals surface area (Å²) in [5.74, 6) is -5.67. The summed E-state index contributed by atoms with van der Waals surface area (Å²) in [6, 6.07) is 9.31. The summed E-state index contributed by atoms with van der Waals surface area (Å²) in [5.41, 5.74) is 17.9. The first kappa shape index (κ1) is 34.0. The molecule has 2 aromatic rings. The number of amides is 3. The van der Waals surface area contributed by atoms with E-state index in [0.717, 1.165) is 5.56 Å². The monoisotopic (exact) mass is 599 g/mol. The van der Waals surface area contributed by atoms with Crippen molar-refractivity contribution in [2.24, 2.45) is 22.2 Å². The second kappa shape index (κ2) is 16.9. The van der Waals surface area contributed by atoms with Crippen molar-refractivity contribution < 1.29 is 39.3 Å². The Hall–Kier alpha value is -5.18. The van der Waals surface area contributed by atoms with Crippen LogP contribution < -0.4 is 33.2 Å². The van der Waals surface area contributed by atoms with Crippen LogP contribution in [0.5, 0.6) is 5.75 Å². The zero-order valence-electron chi connectivity index (χ0n) is 23.3. The molecule has 4 unspecified atom stereocenters. The van der Waals surface area contributed by atoms with E-state index in [1.165, 1.54) is 24.3 Å². The first-order chi connectivity index (χ1) is 20.3. The molecule has 2 aromatic carbocycles. The molecular formula is C28H37N7O8. The first-order valence-electron chi connectivity index (χ1n) is 13.3. The Bertz CT molecular complexity index is 1280. The first-order valence-corrected chi connectivity index (χ1v) is 13.3. The number of carbonyl (C=O) groups excluding carboxylic acids is 3. The van der Waals surface area contributed by atoms with E-state index in [1.807, 2.05) is 6.07 Å². The highest BCUT2D eigenvalue weighted by atomic mass is 16.4. The summed E-state index contributed by atoms with van der Waals surface area (Å²) in [5, 5.41) is 35.6. The molecule has 15 heteroatoms. The SMILES string of the molecule is NC(N)=NCCCC(NC(=O)C(CC(=O)O)NC(=O)C(Cc1ccc(O)cc1)NC(=O)C(N)Cc1ccccc1)C(=O)O. The van der Waals surface area contributed by atoms with Crippen LogP contribution >= 0.6 is 0 Å². The van der Waals surface area contributed by atoms with Crippen molar-refractivity contribution in [1.29, 1.82) is 0 Å². The minimum Gasteiger partial charge on any atom is -0.508 e. The molecule has 0 heterocycles. The molecule has 0 aliphatic heterocycles. The Morgan fingerprint density at radius 1 is 0.744 bits per heavy atom. The van der Waals surface area contributed by atoms with Gasteiger partial charge in [-0.15, -0.1) is 0 Å². The van der Waals surface area contributed by atoms with E-state index < -0.39 is 60.2 Å². The molecule has 4 atom stereocenters. The lowest BCUT2D eigenvalue weighted by molar-refractivity contribution is -0.143. The third-order valence-corrected chi connectivity index (χ3v) is 6.22. The highest BCUT2D eigenvalue weighted by Gasteiger charge is 2.31. The molecule has 232 valence electrons. The summed E-state index contributed by atoms with van der Waals surface area (Å²) in [6.45, 7) is 0.0995. The van der Waals surface area contributed by atoms with Gasteiger partial charge >= 0.3 is 11.9 Å². The number of nitrogens with zero attached hydrogens (tertiary/aromatic N) is 1. The van der Waals surface area contributed by atoms with E-state index in [-0.39, 0.29) is 43.9 Å². The number of aromatic hydroxyl groups is 1. The van der Waals surface area contributed by atoms with E-state index >= 15 is 0 Å². The fraction of sp³-hybridized carbons (Fsp3) is 0.357. The van der Waals surface area contributed by atoms with Crippen LogP contribution in [0.1, 0.15) is 30.4 Å². The summed E-state index contributed by atoms with van der Waals surface area (Å²) >= 11 is 0. The smallest absolute Gasteiger partial charge is 0.326 e. The average Bonchev–Trinajstić information content (AvgIpc) is 2.94. The van der Waals surface area contributed by atoms with Crippen molar-refractivity contribution in [3.63, 3.8) is 0 Å². The molecule has 0 bridgehead atoms. The van der Waals surface area contributed by atoms with Gasteiger partial charge in [0.25, 0.3) is 0 Å². The number of nitrogens with two attached hydrogens (primary N) is 3. The molecule has 0 radical (unpaired) electrons. The van der Waals surface area contributed by atoms with Crippen molar-refractivity contribution in [3.8, 4) is 5.75 Å². The number of carboxylic acid groups (broad SMARTS) is 2. The van der Waals surface area contributed by atoms with Crippen LogP contribution in [0.3, 0.4) is 0 Å². The zero-order chi connectivity index (χ0) is 31.9. The van der Waals surface area contributed by atoms with Crippen molar-refractivity contribution in [2.45, 2.75) is 56.3 Å². The summed E-state index contributed by atoms with van der Waals surface area (Å²) in [4.78, 5) is 66.3. The molecule has 12 N–H and O–H groups in total. The third-order valence-electron chi connectivity index (χ3n) is 6.22. The van der Waals surface area contributed by atoms with Crippen molar-refractivity contribution in [1.82, 2.24) is 16.0 Å². The van der Waals surface area contributed by atoms with Gasteiger partial charge in [0.1, 0.15) is 23.9 Å². The Balaban J connectivity index is 2.21. The van der Waals surface area contributed by atoms with Gasteiger partial charge in [-0.3, -0.25) is 24.2 Å². The van der Waals surface area contributed by atoms with Gasteiger partial charge in [-0.25, -0.2) is 4.79 Å². The fourth-order valence-corrected chi connectivity index (χ4v) is 4.01. The molecule has 0 saturated heterocycles. The molecule has 2 rings (SSSR count). The minimum absolute atomic E-state index is 0.0249. The van der Waals surface area contributed by atoms with E-state index in [2.05, 4.69) is 20.9 Å². The van der Waals surface area contributed by atoms with Gasteiger partial charge in [0.15, 0.2) is 5.96 Å². The second-order valence-electron chi connectivity index (χ2n) is 9.74. The van der Waals surface area contributed by atoms with Gasteiger partial charge in [0, 0.05) is 13.0 Å². The maximum Gasteiger partial charge on any atom is 0.326 e. The van der Waals surface area contributed by atoms with Crippen LogP contribution in [0.25, 0.3) is 0 Å². The number of carbonyl (C=O) groups is 5. The number of aliphatic carboxylic acids is 2. The van der Waals surface area contributed by atoms with Crippen LogP contribution in [-0.4, -0.2) is 81.7 Å². The number of hydrogen-bond acceptors (Lipinski definition) is 8. The summed E-state index contributed by atoms with van der Waals surface area (Å²) < 4.78 is 0. The number of phenolic OH excluding ortho intramolecular Hbond substituents is 1. The number of benzene rings is 2. The third kappa shape index (κ3) is 12.5. The Kier molecular flexibility index (Phi) is 13.4. The normalized spacial score (nSPS) is 13.4. The molecule has 3 amide bonds. The van der Waals surface area contributed by atoms with Crippen molar-refractivity contribution in [3.05, 3.63) is 65.7 Å². The molecule has 0 spiro atoms. The lowest BCUT2D eigenvalue weighted by Crippen LogP contribution is -2.58. The van der Waals surface area contributed by atoms with Gasteiger partial charge in [0.2, 0.25) is 17.7 Å². The van der Waals surface area contributed by atoms with E-state index in [4.69, 9.17) is 17.2 Å². The Morgan fingerprint density at radius 2 is 1.30 bits per heavy atom. The highest BCUT2D eigenvalue weighted by molar-refractivity contribution is 5.95. The van der Waals surface area contributed by atoms with Gasteiger partial charge in [-0.2, -0.15) is 0 Å². The average molecular weight is 600 g/mol. The lowest BCUT2D eigenvalue weighted by Gasteiger charge is -2.25. The van der Waals surface area contributed by atoms with E-state index in [0.29, 0.717) is 5.56 Å². The number of rotatable bonds is 17. The molecule has 43 heavy (non-hydrogen) atoms. The summed E-state index contributed by atoms with van der Waals surface area (Å²) in [6.07, 6.45) is -0.686. The molecule has 15 nitrogen and oxygen atoms in total. The highest BCUT2D eigenvalue weighted by Crippen LogP contribution is 2.12. The molecule has 0 aliphatic carbocycles. The van der Waals surface area contributed by atoms with Crippen LogP contribution in [0.2, 0.25) is 0 Å². The fourth-order valence-electron chi connectivity index (χ4n) is 4.01. The van der Waals surface area contributed by atoms with Gasteiger partial charge in [-0.05, 0) is 42.5 Å². The van der Waals surface area contributed by atoms with Crippen LogP contribution in [-0.2, 0) is 36.8 Å². The number of carboxylic acids is 2. The predicted octanol–water partition coefficient (Wildman–Crippen LogP) is -1.43. The van der Waals surface area contributed by atoms with Crippen LogP contribution in [0.15, 0.2) is 59.6 Å². The lowest BCUT2D eigenvalue weighted by atomic mass is 10.0. The molecular weight excluding hydrogens is 562 g/mol. The minimum atomic E-state index is -1.68. The quantitative estimate of drug-likeness (QED) is 0.0577. The van der Waals surface area contributed by atoms with Crippen LogP contribution in [0, 0.1) is 0 Å². The van der Waals surface area contributed by atoms with E-state index in [9.17, 15) is 39.3 Å². The number of nitrogens with one attached hydrogen (secondary N) is 3. The maximum atomic E-state index is 13.4. The van der Waals surface area contributed by atoms with Gasteiger partial charge < -0.3 is 48.5 Å². The van der Waals surface area contributed by atoms with Crippen molar-refractivity contribution in [2.75, 3.05) is 6.54 Å². The topological polar surface area (TPSA) is 273 Å². The standard InChI is InChI=1S/C28H37N7O8/c29-19(13-16-5-2-1-3-6-16)24(39)34-21(14-17-8-10-18(36)11-9-17)25(40)35-22(15-23(37)38)26(41)33-20(27(42)43)7-4-12-32-28(30)31/h1-3,5-6,8-11,19-22,36H,4,7,12-15,29H2,(H,33,41)(H,34,39)(H,35,40)(H,37,38)(H,42,43)(H4,30,31,32). The number of guanidine groups is 1. The van der Waals surface area contributed by atoms with E-state index in [1.54, 1.807) is 24.3 Å². The van der Waals surface area contributed by atoms with Gasteiger partial charge in [0.05, 0.1) is 12.5 Å². The molecule has 0 aliphatic rings. The molecule has 0 saturated carbocycles. The van der Waals surface area contributed by atoms with Crippen molar-refractivity contribution >= 4 is 35.6 Å². The molecule has 0 aromatic heterocycles. The molecule has 0 fully saturated rings. The Labute approximate surface area is 247 Å². The number of phenols is 1. The maximum absolute atomic E-state index is 13.4. The summed E-state index contributed by atoms with van der Waals surface area (Å²) in [7, 11) is 0. The zero-order valence-corrected chi connectivity index (χ0v) is 23.3. The second-order valence-corrected chi connectivity index (χ2v) is 9.74. The predicted molar refractivity (Wildman–Crippen MR) is 156 cm³/mol. The Morgan fingerprint density at radius 3 is 1.88 bits per heavy atom. The van der Waals surface area contributed by atoms with Gasteiger partial charge in [-0.1, -0.05) is 42.5 Å². The largest absolute Gasteiger partial charge is 0.508 e. The van der Waals surface area contributed by atoms with Crippen LogP contribution in [0.4, 0.5) is 0 Å². The number of aliphatic imine (C=N–C) groups is 1.